The molecule has 0 atom stereocenters. The molecule has 1 aromatic carbocycles. The van der Waals surface area contributed by atoms with Crippen LogP contribution in [0.5, 0.6) is 0 Å². The highest BCUT2D eigenvalue weighted by atomic mass is 79.9. The van der Waals surface area contributed by atoms with Crippen LogP contribution in [-0.2, 0) is 19.7 Å². The summed E-state index contributed by atoms with van der Waals surface area (Å²) in [5, 5.41) is 16.3. The first kappa shape index (κ1) is 15.7. The number of nitrogens with zero attached hydrogens (tertiary/aromatic N) is 2. The van der Waals surface area contributed by atoms with Crippen molar-refractivity contribution < 1.29 is 5.11 Å². The molecule has 0 radical (unpaired) electrons. The lowest BCUT2D eigenvalue weighted by atomic mass is 10.1. The molecule has 0 aliphatic carbocycles. The van der Waals surface area contributed by atoms with Gasteiger partial charge in [-0.2, -0.15) is 5.10 Å². The van der Waals surface area contributed by atoms with Crippen molar-refractivity contribution in [3.63, 3.8) is 0 Å². The summed E-state index contributed by atoms with van der Waals surface area (Å²) in [6.07, 6.45) is 2.52. The Morgan fingerprint density at radius 2 is 1.95 bits per heavy atom. The van der Waals surface area contributed by atoms with Crippen molar-refractivity contribution in [1.82, 2.24) is 9.78 Å². The predicted molar refractivity (Wildman–Crippen MR) is 86.2 cm³/mol. The molecule has 2 aromatic rings. The van der Waals surface area contributed by atoms with Gasteiger partial charge in [-0.15, -0.1) is 0 Å². The highest BCUT2D eigenvalue weighted by Gasteiger charge is 2.08. The molecule has 5 nitrogen and oxygen atoms in total. The van der Waals surface area contributed by atoms with Crippen LogP contribution in [-0.4, -0.2) is 14.9 Å². The topological polar surface area (TPSA) is 67.2 Å². The van der Waals surface area contributed by atoms with Crippen LogP contribution in [0.25, 0.3) is 0 Å². The Morgan fingerprint density at radius 3 is 2.57 bits per heavy atom. The summed E-state index contributed by atoms with van der Waals surface area (Å²) in [6.45, 7) is 3.24. The summed E-state index contributed by atoms with van der Waals surface area (Å²) < 4.78 is 1.95. The summed E-state index contributed by atoms with van der Waals surface area (Å²) in [4.78, 5) is 12.1. The van der Waals surface area contributed by atoms with E-state index >= 15 is 0 Å². The fourth-order valence-corrected chi connectivity index (χ4v) is 2.37. The number of aryl methyl sites for hydroxylation is 1. The van der Waals surface area contributed by atoms with Crippen LogP contribution >= 0.6 is 15.9 Å². The van der Waals surface area contributed by atoms with Gasteiger partial charge < -0.3 is 10.4 Å². The zero-order chi connectivity index (χ0) is 15.2. The number of anilines is 1. The van der Waals surface area contributed by atoms with Gasteiger partial charge in [0.1, 0.15) is 4.47 Å². The Labute approximate surface area is 131 Å². The van der Waals surface area contributed by atoms with E-state index in [1.165, 1.54) is 4.68 Å². The summed E-state index contributed by atoms with van der Waals surface area (Å²) in [6, 6.07) is 7.64. The second-order valence-electron chi connectivity index (χ2n) is 4.73. The second-order valence-corrected chi connectivity index (χ2v) is 5.52. The SMILES string of the molecule is CCCn1ncc(NCc2ccc(CO)cc2)c(Br)c1=O. The molecule has 2 N–H and O–H groups in total. The van der Waals surface area contributed by atoms with Crippen molar-refractivity contribution in [2.45, 2.75) is 33.0 Å². The summed E-state index contributed by atoms with van der Waals surface area (Å²) >= 11 is 3.33. The number of rotatable bonds is 6. The maximum Gasteiger partial charge on any atom is 0.283 e. The van der Waals surface area contributed by atoms with Gasteiger partial charge in [0.25, 0.3) is 5.56 Å². The Bertz CT molecular complexity index is 653. The molecule has 0 spiro atoms. The van der Waals surface area contributed by atoms with Gasteiger partial charge in [0.2, 0.25) is 0 Å². The normalized spacial score (nSPS) is 10.6. The molecule has 0 fully saturated rings. The fraction of sp³-hybridized carbons (Fsp3) is 0.333. The molecular formula is C15H18BrN3O2. The summed E-state index contributed by atoms with van der Waals surface area (Å²) in [5.74, 6) is 0. The Morgan fingerprint density at radius 1 is 1.29 bits per heavy atom. The van der Waals surface area contributed by atoms with Crippen LogP contribution in [0, 0.1) is 0 Å². The minimum Gasteiger partial charge on any atom is -0.392 e. The van der Waals surface area contributed by atoms with E-state index in [1.54, 1.807) is 6.20 Å². The van der Waals surface area contributed by atoms with E-state index in [1.807, 2.05) is 31.2 Å². The van der Waals surface area contributed by atoms with E-state index in [0.29, 0.717) is 23.2 Å². The van der Waals surface area contributed by atoms with Crippen LogP contribution < -0.4 is 10.9 Å². The fourth-order valence-electron chi connectivity index (χ4n) is 1.92. The van der Waals surface area contributed by atoms with E-state index in [4.69, 9.17) is 5.11 Å². The van der Waals surface area contributed by atoms with Crippen LogP contribution in [0.15, 0.2) is 39.7 Å². The third-order valence-electron chi connectivity index (χ3n) is 3.11. The van der Waals surface area contributed by atoms with E-state index in [-0.39, 0.29) is 12.2 Å². The zero-order valence-corrected chi connectivity index (χ0v) is 13.4. The first-order chi connectivity index (χ1) is 10.2. The molecule has 2 rings (SSSR count). The summed E-state index contributed by atoms with van der Waals surface area (Å²) in [5.41, 5.74) is 2.50. The van der Waals surface area contributed by atoms with E-state index < -0.39 is 0 Å². The average molecular weight is 352 g/mol. The van der Waals surface area contributed by atoms with Gasteiger partial charge in [-0.3, -0.25) is 4.79 Å². The second kappa shape index (κ2) is 7.38. The van der Waals surface area contributed by atoms with Gasteiger partial charge in [-0.25, -0.2) is 4.68 Å². The molecule has 6 heteroatoms. The third-order valence-corrected chi connectivity index (χ3v) is 3.88. The van der Waals surface area contributed by atoms with Crippen LogP contribution in [0.4, 0.5) is 5.69 Å². The average Bonchev–Trinajstić information content (AvgIpc) is 2.52. The molecule has 0 saturated heterocycles. The number of aromatic nitrogens is 2. The van der Waals surface area contributed by atoms with Gasteiger partial charge in [-0.1, -0.05) is 31.2 Å². The van der Waals surface area contributed by atoms with Crippen molar-refractivity contribution in [2.24, 2.45) is 0 Å². The van der Waals surface area contributed by atoms with Gasteiger partial charge in [0.15, 0.2) is 0 Å². The number of hydrogen-bond donors (Lipinski definition) is 2. The van der Waals surface area contributed by atoms with Crippen LogP contribution in [0.1, 0.15) is 24.5 Å². The van der Waals surface area contributed by atoms with Gasteiger partial charge in [-0.05, 0) is 33.5 Å². The van der Waals surface area contributed by atoms with Crippen LogP contribution in [0.2, 0.25) is 0 Å². The van der Waals surface area contributed by atoms with E-state index in [9.17, 15) is 4.79 Å². The van der Waals surface area contributed by atoms with Crippen molar-refractivity contribution >= 4 is 21.6 Å². The maximum absolute atomic E-state index is 12.1. The van der Waals surface area contributed by atoms with E-state index in [2.05, 4.69) is 26.3 Å². The molecule has 21 heavy (non-hydrogen) atoms. The Balaban J connectivity index is 2.09. The lowest BCUT2D eigenvalue weighted by Gasteiger charge is -2.10. The standard InChI is InChI=1S/C15H18BrN3O2/c1-2-7-19-15(21)14(16)13(9-18-19)17-8-11-3-5-12(10-20)6-4-11/h3-6,9,17,20H,2,7-8,10H2,1H3. The number of nitrogens with one attached hydrogen (secondary N) is 1. The molecule has 112 valence electrons. The van der Waals surface area contributed by atoms with Gasteiger partial charge in [0.05, 0.1) is 18.5 Å². The first-order valence-electron chi connectivity index (χ1n) is 6.84. The largest absolute Gasteiger partial charge is 0.392 e. The van der Waals surface area contributed by atoms with Crippen molar-refractivity contribution in [3.05, 3.63) is 56.4 Å². The number of aliphatic hydroxyl groups is 1. The lowest BCUT2D eigenvalue weighted by Crippen LogP contribution is -2.24. The highest BCUT2D eigenvalue weighted by Crippen LogP contribution is 2.17. The van der Waals surface area contributed by atoms with Crippen molar-refractivity contribution in [3.8, 4) is 0 Å². The Kier molecular flexibility index (Phi) is 5.52. The molecule has 0 amide bonds. The zero-order valence-electron chi connectivity index (χ0n) is 11.8. The molecule has 0 bridgehead atoms. The van der Waals surface area contributed by atoms with Crippen molar-refractivity contribution in [2.75, 3.05) is 5.32 Å². The predicted octanol–water partition coefficient (Wildman–Crippen LogP) is 2.52. The minimum absolute atomic E-state index is 0.0405. The monoisotopic (exact) mass is 351 g/mol. The number of halogens is 1. The minimum atomic E-state index is -0.127. The lowest BCUT2D eigenvalue weighted by molar-refractivity contribution is 0.282. The molecule has 0 aliphatic rings. The maximum atomic E-state index is 12.1. The molecular weight excluding hydrogens is 334 g/mol. The van der Waals surface area contributed by atoms with Gasteiger partial charge >= 0.3 is 0 Å². The summed E-state index contributed by atoms with van der Waals surface area (Å²) in [7, 11) is 0. The number of hydrogen-bond acceptors (Lipinski definition) is 4. The molecule has 0 saturated carbocycles. The smallest absolute Gasteiger partial charge is 0.283 e. The molecule has 1 heterocycles. The number of aliphatic hydroxyl groups excluding tert-OH is 1. The molecule has 1 aromatic heterocycles. The quantitative estimate of drug-likeness (QED) is 0.839. The van der Waals surface area contributed by atoms with Crippen LogP contribution in [0.3, 0.4) is 0 Å². The molecule has 0 unspecified atom stereocenters. The number of benzene rings is 1. The highest BCUT2D eigenvalue weighted by molar-refractivity contribution is 9.10. The van der Waals surface area contributed by atoms with E-state index in [0.717, 1.165) is 17.5 Å². The van der Waals surface area contributed by atoms with Gasteiger partial charge in [0, 0.05) is 13.1 Å². The Hall–Kier alpha value is -1.66. The third kappa shape index (κ3) is 3.92. The van der Waals surface area contributed by atoms with Crippen molar-refractivity contribution in [1.29, 1.82) is 0 Å². The first-order valence-corrected chi connectivity index (χ1v) is 7.63. The molecule has 0 aliphatic heterocycles.